The fourth-order valence-corrected chi connectivity index (χ4v) is 2.35. The SMILES string of the molecule is CN(C)c1nc(C=O)c(-c2ccccc2)s1. The van der Waals surface area contributed by atoms with Crippen LogP contribution in [0.15, 0.2) is 30.3 Å². The van der Waals surface area contributed by atoms with Crippen LogP contribution in [-0.2, 0) is 0 Å². The Balaban J connectivity index is 2.52. The van der Waals surface area contributed by atoms with Gasteiger partial charge in [0, 0.05) is 14.1 Å². The van der Waals surface area contributed by atoms with E-state index >= 15 is 0 Å². The Morgan fingerprint density at radius 3 is 2.50 bits per heavy atom. The molecule has 0 unspecified atom stereocenters. The lowest BCUT2D eigenvalue weighted by molar-refractivity contribution is 0.112. The van der Waals surface area contributed by atoms with Gasteiger partial charge in [-0.15, -0.1) is 0 Å². The van der Waals surface area contributed by atoms with Gasteiger partial charge in [0.1, 0.15) is 5.69 Å². The van der Waals surface area contributed by atoms with Gasteiger partial charge in [0.05, 0.1) is 4.88 Å². The number of aldehydes is 1. The molecule has 0 aliphatic rings. The highest BCUT2D eigenvalue weighted by Crippen LogP contribution is 2.33. The van der Waals surface area contributed by atoms with E-state index in [0.29, 0.717) is 5.69 Å². The lowest BCUT2D eigenvalue weighted by Gasteiger charge is -2.05. The van der Waals surface area contributed by atoms with Gasteiger partial charge in [0.15, 0.2) is 11.4 Å². The fraction of sp³-hybridized carbons (Fsp3) is 0.167. The van der Waals surface area contributed by atoms with E-state index in [1.165, 1.54) is 11.3 Å². The second kappa shape index (κ2) is 4.45. The van der Waals surface area contributed by atoms with Gasteiger partial charge in [-0.3, -0.25) is 4.79 Å². The lowest BCUT2D eigenvalue weighted by atomic mass is 10.2. The molecule has 0 amide bonds. The molecule has 1 heterocycles. The Bertz CT molecular complexity index is 491. The summed E-state index contributed by atoms with van der Waals surface area (Å²) in [5, 5.41) is 0.848. The van der Waals surface area contributed by atoms with Crippen molar-refractivity contribution in [3.8, 4) is 10.4 Å². The summed E-state index contributed by atoms with van der Waals surface area (Å²) >= 11 is 1.53. The van der Waals surface area contributed by atoms with Crippen molar-refractivity contribution >= 4 is 22.8 Å². The lowest BCUT2D eigenvalue weighted by Crippen LogP contribution is -2.07. The molecule has 0 radical (unpaired) electrons. The number of hydrogen-bond acceptors (Lipinski definition) is 4. The molecule has 1 aromatic carbocycles. The third-order valence-electron chi connectivity index (χ3n) is 2.17. The van der Waals surface area contributed by atoms with E-state index in [0.717, 1.165) is 21.9 Å². The molecule has 0 bridgehead atoms. The average Bonchev–Trinajstić information content (AvgIpc) is 2.74. The molecule has 1 aromatic heterocycles. The number of thiazole rings is 1. The van der Waals surface area contributed by atoms with Crippen molar-refractivity contribution in [2.24, 2.45) is 0 Å². The van der Waals surface area contributed by atoms with E-state index < -0.39 is 0 Å². The molecule has 0 saturated carbocycles. The van der Waals surface area contributed by atoms with Crippen molar-refractivity contribution < 1.29 is 4.79 Å². The maximum Gasteiger partial charge on any atom is 0.186 e. The van der Waals surface area contributed by atoms with Crippen molar-refractivity contribution in [3.63, 3.8) is 0 Å². The van der Waals surface area contributed by atoms with Gasteiger partial charge in [-0.25, -0.2) is 4.98 Å². The zero-order valence-corrected chi connectivity index (χ0v) is 9.99. The van der Waals surface area contributed by atoms with Crippen LogP contribution < -0.4 is 4.90 Å². The monoisotopic (exact) mass is 232 g/mol. The van der Waals surface area contributed by atoms with E-state index in [4.69, 9.17) is 0 Å². The Morgan fingerprint density at radius 1 is 1.25 bits per heavy atom. The van der Waals surface area contributed by atoms with Crippen LogP contribution >= 0.6 is 11.3 Å². The maximum atomic E-state index is 11.0. The molecule has 3 nitrogen and oxygen atoms in total. The number of carbonyl (C=O) groups is 1. The molecule has 0 atom stereocenters. The Morgan fingerprint density at radius 2 is 1.94 bits per heavy atom. The molecule has 82 valence electrons. The number of hydrogen-bond donors (Lipinski definition) is 0. The van der Waals surface area contributed by atoms with Crippen molar-refractivity contribution in [3.05, 3.63) is 36.0 Å². The molecule has 0 spiro atoms. The minimum atomic E-state index is 0.514. The van der Waals surface area contributed by atoms with E-state index in [9.17, 15) is 4.79 Å². The molecule has 16 heavy (non-hydrogen) atoms. The average molecular weight is 232 g/mol. The van der Waals surface area contributed by atoms with Crippen LogP contribution in [0.5, 0.6) is 0 Å². The van der Waals surface area contributed by atoms with Crippen molar-refractivity contribution in [1.82, 2.24) is 4.98 Å². The molecular formula is C12H12N2OS. The zero-order valence-electron chi connectivity index (χ0n) is 9.18. The van der Waals surface area contributed by atoms with E-state index in [1.807, 2.05) is 49.3 Å². The van der Waals surface area contributed by atoms with Gasteiger partial charge in [-0.1, -0.05) is 41.7 Å². The molecule has 0 N–H and O–H groups in total. The number of nitrogens with zero attached hydrogens (tertiary/aromatic N) is 2. The molecule has 0 fully saturated rings. The molecular weight excluding hydrogens is 220 g/mol. The van der Waals surface area contributed by atoms with E-state index in [1.54, 1.807) is 0 Å². The summed E-state index contributed by atoms with van der Waals surface area (Å²) in [5.41, 5.74) is 1.55. The van der Waals surface area contributed by atoms with Crippen molar-refractivity contribution in [1.29, 1.82) is 0 Å². The zero-order chi connectivity index (χ0) is 11.5. The number of benzene rings is 1. The van der Waals surface area contributed by atoms with Crippen LogP contribution in [0.4, 0.5) is 5.13 Å². The maximum absolute atomic E-state index is 11.0. The Kier molecular flexibility index (Phi) is 3.01. The first kappa shape index (κ1) is 10.8. The van der Waals surface area contributed by atoms with Crippen molar-refractivity contribution in [2.45, 2.75) is 0 Å². The highest BCUT2D eigenvalue weighted by molar-refractivity contribution is 7.19. The van der Waals surface area contributed by atoms with E-state index in [-0.39, 0.29) is 0 Å². The number of carbonyl (C=O) groups excluding carboxylic acids is 1. The summed E-state index contributed by atoms with van der Waals surface area (Å²) in [7, 11) is 3.84. The largest absolute Gasteiger partial charge is 0.354 e. The Hall–Kier alpha value is -1.68. The molecule has 0 saturated heterocycles. The highest BCUT2D eigenvalue weighted by Gasteiger charge is 2.12. The summed E-state index contributed by atoms with van der Waals surface area (Å²) in [6.07, 6.45) is 0.811. The van der Waals surface area contributed by atoms with Gasteiger partial charge in [-0.05, 0) is 5.56 Å². The van der Waals surface area contributed by atoms with Gasteiger partial charge in [0.25, 0.3) is 0 Å². The number of aromatic nitrogens is 1. The van der Waals surface area contributed by atoms with Crippen LogP contribution in [0.25, 0.3) is 10.4 Å². The Labute approximate surface area is 98.4 Å². The van der Waals surface area contributed by atoms with Crippen LogP contribution in [0.1, 0.15) is 10.5 Å². The third-order valence-corrected chi connectivity index (χ3v) is 3.46. The first-order chi connectivity index (χ1) is 7.72. The first-order valence-electron chi connectivity index (χ1n) is 4.91. The quantitative estimate of drug-likeness (QED) is 0.763. The fourth-order valence-electron chi connectivity index (χ4n) is 1.39. The summed E-state index contributed by atoms with van der Waals surface area (Å²) in [5.74, 6) is 0. The van der Waals surface area contributed by atoms with Crippen LogP contribution in [-0.4, -0.2) is 25.4 Å². The molecule has 0 aliphatic heterocycles. The summed E-state index contributed by atoms with van der Waals surface area (Å²) in [4.78, 5) is 18.1. The van der Waals surface area contributed by atoms with Gasteiger partial charge in [-0.2, -0.15) is 0 Å². The first-order valence-corrected chi connectivity index (χ1v) is 5.73. The molecule has 2 aromatic rings. The normalized spacial score (nSPS) is 10.1. The highest BCUT2D eigenvalue weighted by atomic mass is 32.1. The van der Waals surface area contributed by atoms with Gasteiger partial charge >= 0.3 is 0 Å². The smallest absolute Gasteiger partial charge is 0.186 e. The van der Waals surface area contributed by atoms with E-state index in [2.05, 4.69) is 4.98 Å². The summed E-state index contributed by atoms with van der Waals surface area (Å²) in [6, 6.07) is 9.84. The molecule has 0 aliphatic carbocycles. The summed E-state index contributed by atoms with van der Waals surface area (Å²) < 4.78 is 0. The topological polar surface area (TPSA) is 33.2 Å². The van der Waals surface area contributed by atoms with Gasteiger partial charge < -0.3 is 4.90 Å². The molecule has 2 rings (SSSR count). The third kappa shape index (κ3) is 1.97. The second-order valence-electron chi connectivity index (χ2n) is 3.59. The van der Waals surface area contributed by atoms with Crippen molar-refractivity contribution in [2.75, 3.05) is 19.0 Å². The van der Waals surface area contributed by atoms with Crippen LogP contribution in [0.2, 0.25) is 0 Å². The number of anilines is 1. The number of rotatable bonds is 3. The second-order valence-corrected chi connectivity index (χ2v) is 4.57. The minimum absolute atomic E-state index is 0.514. The minimum Gasteiger partial charge on any atom is -0.354 e. The predicted molar refractivity (Wildman–Crippen MR) is 67.3 cm³/mol. The van der Waals surface area contributed by atoms with Crippen LogP contribution in [0, 0.1) is 0 Å². The summed E-state index contributed by atoms with van der Waals surface area (Å²) in [6.45, 7) is 0. The standard InChI is InChI=1S/C12H12N2OS/c1-14(2)12-13-10(8-15)11(16-12)9-6-4-3-5-7-9/h3-8H,1-2H3. The van der Waals surface area contributed by atoms with Crippen LogP contribution in [0.3, 0.4) is 0 Å². The predicted octanol–water partition coefficient (Wildman–Crippen LogP) is 2.69. The van der Waals surface area contributed by atoms with Gasteiger partial charge in [0.2, 0.25) is 0 Å². The molecule has 4 heteroatoms.